The maximum absolute atomic E-state index is 12.3. The summed E-state index contributed by atoms with van der Waals surface area (Å²) in [5.74, 6) is -0.0191. The Morgan fingerprint density at radius 3 is 2.60 bits per heavy atom. The fourth-order valence-electron chi connectivity index (χ4n) is 3.44. The SMILES string of the molecule is CN(C)CCNC(=O)c1cccc(CN[C@H]2CC(C)(C)OC2(C)C)c1. The van der Waals surface area contributed by atoms with Crippen molar-refractivity contribution in [2.75, 3.05) is 27.2 Å². The Kier molecular flexibility index (Phi) is 6.25. The van der Waals surface area contributed by atoms with Gasteiger partial charge in [-0.15, -0.1) is 0 Å². The lowest BCUT2D eigenvalue weighted by Crippen LogP contribution is -2.42. The van der Waals surface area contributed by atoms with Crippen LogP contribution >= 0.6 is 0 Å². The van der Waals surface area contributed by atoms with Crippen LogP contribution < -0.4 is 10.6 Å². The molecule has 0 unspecified atom stereocenters. The number of carbonyl (C=O) groups excluding carboxylic acids is 1. The third kappa shape index (κ3) is 5.80. The van der Waals surface area contributed by atoms with Gasteiger partial charge in [-0.1, -0.05) is 12.1 Å². The molecule has 1 heterocycles. The minimum Gasteiger partial charge on any atom is -0.368 e. The number of hydrogen-bond acceptors (Lipinski definition) is 4. The number of carbonyl (C=O) groups is 1. The lowest BCUT2D eigenvalue weighted by molar-refractivity contribution is -0.0699. The van der Waals surface area contributed by atoms with E-state index in [0.29, 0.717) is 18.2 Å². The third-order valence-electron chi connectivity index (χ3n) is 4.66. The van der Waals surface area contributed by atoms with E-state index < -0.39 is 0 Å². The molecule has 0 aromatic heterocycles. The molecular weight excluding hydrogens is 314 g/mol. The zero-order valence-electron chi connectivity index (χ0n) is 16.5. The van der Waals surface area contributed by atoms with Crippen LogP contribution in [0.2, 0.25) is 0 Å². The Labute approximate surface area is 152 Å². The van der Waals surface area contributed by atoms with Gasteiger partial charge in [0.2, 0.25) is 0 Å². The van der Waals surface area contributed by atoms with E-state index in [1.165, 1.54) is 0 Å². The minimum atomic E-state index is -0.190. The van der Waals surface area contributed by atoms with Crippen molar-refractivity contribution in [1.29, 1.82) is 0 Å². The van der Waals surface area contributed by atoms with E-state index in [4.69, 9.17) is 4.74 Å². The van der Waals surface area contributed by atoms with Crippen LogP contribution in [0.4, 0.5) is 0 Å². The molecule has 1 aromatic carbocycles. The van der Waals surface area contributed by atoms with Crippen LogP contribution in [0.5, 0.6) is 0 Å². The summed E-state index contributed by atoms with van der Waals surface area (Å²) in [7, 11) is 3.99. The molecule has 1 aromatic rings. The summed E-state index contributed by atoms with van der Waals surface area (Å²) in [6.45, 7) is 10.7. The van der Waals surface area contributed by atoms with Crippen LogP contribution in [0.25, 0.3) is 0 Å². The molecule has 0 aliphatic carbocycles. The largest absolute Gasteiger partial charge is 0.368 e. The molecule has 2 rings (SSSR count). The van der Waals surface area contributed by atoms with Crippen molar-refractivity contribution in [2.24, 2.45) is 0 Å². The van der Waals surface area contributed by atoms with Gasteiger partial charge in [0.05, 0.1) is 11.2 Å². The summed E-state index contributed by atoms with van der Waals surface area (Å²) in [6.07, 6.45) is 0.977. The molecule has 0 saturated carbocycles. The van der Waals surface area contributed by atoms with Gasteiger partial charge in [-0.2, -0.15) is 0 Å². The van der Waals surface area contributed by atoms with Gasteiger partial charge >= 0.3 is 0 Å². The lowest BCUT2D eigenvalue weighted by atomic mass is 9.94. The maximum Gasteiger partial charge on any atom is 0.251 e. The molecule has 1 atom stereocenters. The lowest BCUT2D eigenvalue weighted by Gasteiger charge is -2.28. The Morgan fingerprint density at radius 2 is 2.00 bits per heavy atom. The second-order valence-corrected chi connectivity index (χ2v) is 8.36. The first-order chi connectivity index (χ1) is 11.6. The summed E-state index contributed by atoms with van der Waals surface area (Å²) in [5, 5.41) is 6.56. The quantitative estimate of drug-likeness (QED) is 0.795. The normalized spacial score (nSPS) is 21.5. The zero-order chi connectivity index (χ0) is 18.7. The van der Waals surface area contributed by atoms with Crippen LogP contribution in [-0.4, -0.2) is 55.2 Å². The van der Waals surface area contributed by atoms with Gasteiger partial charge in [0.1, 0.15) is 0 Å². The van der Waals surface area contributed by atoms with E-state index in [1.807, 2.05) is 37.2 Å². The molecular formula is C20H33N3O2. The van der Waals surface area contributed by atoms with Crippen molar-refractivity contribution in [3.05, 3.63) is 35.4 Å². The molecule has 0 bridgehead atoms. The molecule has 0 spiro atoms. The molecule has 1 saturated heterocycles. The number of likely N-dealkylation sites (N-methyl/N-ethyl adjacent to an activating group) is 1. The summed E-state index contributed by atoms with van der Waals surface area (Å²) in [5.41, 5.74) is 1.53. The molecule has 5 nitrogen and oxygen atoms in total. The molecule has 5 heteroatoms. The Hall–Kier alpha value is -1.43. The van der Waals surface area contributed by atoms with Crippen molar-refractivity contribution < 1.29 is 9.53 Å². The number of ether oxygens (including phenoxy) is 1. The number of nitrogens with zero attached hydrogens (tertiary/aromatic N) is 1. The first-order valence-electron chi connectivity index (χ1n) is 9.04. The Morgan fingerprint density at radius 1 is 1.28 bits per heavy atom. The smallest absolute Gasteiger partial charge is 0.251 e. The van der Waals surface area contributed by atoms with Crippen LogP contribution in [-0.2, 0) is 11.3 Å². The van der Waals surface area contributed by atoms with E-state index in [1.54, 1.807) is 0 Å². The van der Waals surface area contributed by atoms with Gasteiger partial charge < -0.3 is 20.3 Å². The van der Waals surface area contributed by atoms with Gasteiger partial charge in [-0.3, -0.25) is 4.79 Å². The van der Waals surface area contributed by atoms with E-state index in [-0.39, 0.29) is 17.1 Å². The van der Waals surface area contributed by atoms with Crippen LogP contribution in [0.1, 0.15) is 50.0 Å². The van der Waals surface area contributed by atoms with Gasteiger partial charge in [0.25, 0.3) is 5.91 Å². The minimum absolute atomic E-state index is 0.0191. The van der Waals surface area contributed by atoms with E-state index >= 15 is 0 Å². The van der Waals surface area contributed by atoms with Gasteiger partial charge in [0.15, 0.2) is 0 Å². The Bertz CT molecular complexity index is 596. The monoisotopic (exact) mass is 347 g/mol. The predicted octanol–water partition coefficient (Wildman–Crippen LogP) is 2.41. The van der Waals surface area contributed by atoms with Crippen LogP contribution in [0.3, 0.4) is 0 Å². The highest BCUT2D eigenvalue weighted by Crippen LogP contribution is 2.37. The zero-order valence-corrected chi connectivity index (χ0v) is 16.5. The predicted molar refractivity (Wildman–Crippen MR) is 102 cm³/mol. The number of amides is 1. The topological polar surface area (TPSA) is 53.6 Å². The highest BCUT2D eigenvalue weighted by atomic mass is 16.5. The summed E-state index contributed by atoms with van der Waals surface area (Å²) >= 11 is 0. The first-order valence-corrected chi connectivity index (χ1v) is 9.04. The number of hydrogen-bond donors (Lipinski definition) is 2. The van der Waals surface area contributed by atoms with Crippen molar-refractivity contribution in [3.63, 3.8) is 0 Å². The van der Waals surface area contributed by atoms with Crippen molar-refractivity contribution in [3.8, 4) is 0 Å². The van der Waals surface area contributed by atoms with E-state index in [9.17, 15) is 4.79 Å². The molecule has 140 valence electrons. The molecule has 2 N–H and O–H groups in total. The average molecular weight is 348 g/mol. The summed E-state index contributed by atoms with van der Waals surface area (Å²) in [4.78, 5) is 14.3. The van der Waals surface area contributed by atoms with Crippen LogP contribution in [0.15, 0.2) is 24.3 Å². The Balaban J connectivity index is 1.92. The molecule has 1 aliphatic rings. The molecule has 0 radical (unpaired) electrons. The molecule has 25 heavy (non-hydrogen) atoms. The van der Waals surface area contributed by atoms with E-state index in [2.05, 4.69) is 44.4 Å². The summed E-state index contributed by atoms with van der Waals surface area (Å²) in [6, 6.07) is 8.11. The van der Waals surface area contributed by atoms with Gasteiger partial charge in [-0.25, -0.2) is 0 Å². The fraction of sp³-hybridized carbons (Fsp3) is 0.650. The number of nitrogens with one attached hydrogen (secondary N) is 2. The third-order valence-corrected chi connectivity index (χ3v) is 4.66. The standard InChI is InChI=1S/C20H33N3O2/c1-19(2)13-17(20(3,4)25-19)22-14-15-8-7-9-16(12-15)18(24)21-10-11-23(5)6/h7-9,12,17,22H,10-11,13-14H2,1-6H3,(H,21,24)/t17-/m0/s1. The number of rotatable bonds is 7. The highest BCUT2D eigenvalue weighted by molar-refractivity contribution is 5.94. The van der Waals surface area contributed by atoms with Crippen molar-refractivity contribution in [2.45, 2.75) is 57.9 Å². The van der Waals surface area contributed by atoms with Crippen LogP contribution in [0, 0.1) is 0 Å². The highest BCUT2D eigenvalue weighted by Gasteiger charge is 2.45. The van der Waals surface area contributed by atoms with E-state index in [0.717, 1.165) is 25.1 Å². The average Bonchev–Trinajstić information content (AvgIpc) is 2.72. The second-order valence-electron chi connectivity index (χ2n) is 8.36. The molecule has 1 aliphatic heterocycles. The maximum atomic E-state index is 12.3. The van der Waals surface area contributed by atoms with Gasteiger partial charge in [-0.05, 0) is 65.9 Å². The number of benzene rings is 1. The van der Waals surface area contributed by atoms with Crippen molar-refractivity contribution in [1.82, 2.24) is 15.5 Å². The second kappa shape index (κ2) is 7.85. The van der Waals surface area contributed by atoms with Gasteiger partial charge in [0, 0.05) is 31.2 Å². The summed E-state index contributed by atoms with van der Waals surface area (Å²) < 4.78 is 6.13. The molecule has 1 fully saturated rings. The first kappa shape index (κ1) is 19.9. The molecule has 1 amide bonds. The van der Waals surface area contributed by atoms with Crippen molar-refractivity contribution >= 4 is 5.91 Å². The fourth-order valence-corrected chi connectivity index (χ4v) is 3.44.